The van der Waals surface area contributed by atoms with E-state index in [9.17, 15) is 19.1 Å². The summed E-state index contributed by atoms with van der Waals surface area (Å²) in [6, 6.07) is 12.8. The van der Waals surface area contributed by atoms with Gasteiger partial charge in [-0.3, -0.25) is 14.6 Å². The number of hydrogen-bond donors (Lipinski definition) is 2. The molecule has 0 fully saturated rings. The third kappa shape index (κ3) is 5.79. The molecule has 0 radical (unpaired) electrons. The standard InChI is InChI=1S/C27H24FN3O5/c1-27(2,34)12-10-17-8-9-24-22(14-17)31(3)26(33)21(16-35-24)30-25(32)20-15-18(11-13-29-20)36-23-7-5-4-6-19(23)28/h4-9,11,13-15,21,34H,16H2,1-3H3,(H,30,32)/t21-/m0/s1. The normalized spacial score (nSPS) is 15.1. The van der Waals surface area contributed by atoms with Gasteiger partial charge in [-0.2, -0.15) is 0 Å². The van der Waals surface area contributed by atoms with Gasteiger partial charge in [0.15, 0.2) is 11.6 Å². The molecule has 0 saturated carbocycles. The Morgan fingerprint density at radius 3 is 2.78 bits per heavy atom. The molecule has 1 aromatic heterocycles. The average molecular weight is 490 g/mol. The van der Waals surface area contributed by atoms with Crippen LogP contribution in [0.3, 0.4) is 0 Å². The first-order valence-corrected chi connectivity index (χ1v) is 11.1. The Labute approximate surface area is 207 Å². The van der Waals surface area contributed by atoms with E-state index in [-0.39, 0.29) is 23.8 Å². The number of aromatic nitrogens is 1. The predicted molar refractivity (Wildman–Crippen MR) is 130 cm³/mol. The summed E-state index contributed by atoms with van der Waals surface area (Å²) in [5.74, 6) is 4.72. The number of aliphatic hydroxyl groups is 1. The molecule has 2 heterocycles. The van der Waals surface area contributed by atoms with E-state index in [0.29, 0.717) is 17.0 Å². The maximum Gasteiger partial charge on any atom is 0.270 e. The molecule has 1 atom stereocenters. The largest absolute Gasteiger partial charge is 0.489 e. The van der Waals surface area contributed by atoms with Crippen molar-refractivity contribution in [2.45, 2.75) is 25.5 Å². The molecule has 0 spiro atoms. The summed E-state index contributed by atoms with van der Waals surface area (Å²) >= 11 is 0. The Kier molecular flexibility index (Phi) is 6.90. The number of carbonyl (C=O) groups excluding carboxylic acids is 2. The van der Waals surface area contributed by atoms with E-state index in [4.69, 9.17) is 9.47 Å². The zero-order chi connectivity index (χ0) is 25.9. The van der Waals surface area contributed by atoms with Crippen molar-refractivity contribution in [2.24, 2.45) is 0 Å². The Balaban J connectivity index is 1.49. The minimum Gasteiger partial charge on any atom is -0.489 e. The van der Waals surface area contributed by atoms with Crippen molar-refractivity contribution in [3.63, 3.8) is 0 Å². The lowest BCUT2D eigenvalue weighted by Crippen LogP contribution is -2.49. The number of amides is 2. The van der Waals surface area contributed by atoms with Gasteiger partial charge in [-0.15, -0.1) is 0 Å². The lowest BCUT2D eigenvalue weighted by atomic mass is 10.1. The molecular weight excluding hydrogens is 465 g/mol. The number of nitrogens with one attached hydrogen (secondary N) is 1. The summed E-state index contributed by atoms with van der Waals surface area (Å²) < 4.78 is 25.2. The second-order valence-corrected chi connectivity index (χ2v) is 8.64. The van der Waals surface area contributed by atoms with Crippen molar-refractivity contribution in [1.82, 2.24) is 10.3 Å². The van der Waals surface area contributed by atoms with E-state index in [0.717, 1.165) is 0 Å². The molecule has 184 valence electrons. The van der Waals surface area contributed by atoms with Gasteiger partial charge < -0.3 is 24.8 Å². The maximum atomic E-state index is 13.9. The molecule has 2 N–H and O–H groups in total. The van der Waals surface area contributed by atoms with Crippen LogP contribution in [0.5, 0.6) is 17.2 Å². The summed E-state index contributed by atoms with van der Waals surface area (Å²) in [7, 11) is 1.57. The number of carbonyl (C=O) groups is 2. The van der Waals surface area contributed by atoms with Crippen LogP contribution in [-0.4, -0.2) is 47.2 Å². The highest BCUT2D eigenvalue weighted by Crippen LogP contribution is 2.31. The molecule has 36 heavy (non-hydrogen) atoms. The number of halogens is 1. The van der Waals surface area contributed by atoms with Gasteiger partial charge in [0.25, 0.3) is 11.8 Å². The lowest BCUT2D eigenvalue weighted by molar-refractivity contribution is -0.120. The quantitative estimate of drug-likeness (QED) is 0.546. The van der Waals surface area contributed by atoms with Crippen molar-refractivity contribution >= 4 is 17.5 Å². The number of likely N-dealkylation sites (N-methyl/N-ethyl adjacent to an activating group) is 1. The van der Waals surface area contributed by atoms with Crippen molar-refractivity contribution in [3.05, 3.63) is 77.9 Å². The van der Waals surface area contributed by atoms with Crippen LogP contribution < -0.4 is 19.7 Å². The summed E-state index contributed by atoms with van der Waals surface area (Å²) in [4.78, 5) is 31.4. The Bertz CT molecular complexity index is 1370. The summed E-state index contributed by atoms with van der Waals surface area (Å²) in [6.07, 6.45) is 1.36. The second-order valence-electron chi connectivity index (χ2n) is 8.64. The topological polar surface area (TPSA) is 101 Å². The van der Waals surface area contributed by atoms with Crippen molar-refractivity contribution in [3.8, 4) is 29.1 Å². The van der Waals surface area contributed by atoms with Crippen molar-refractivity contribution < 1.29 is 28.6 Å². The SMILES string of the molecule is CN1C(=O)[C@@H](NC(=O)c2cc(Oc3ccccc3F)ccn2)COc2ccc(C#CC(C)(C)O)cc21. The second kappa shape index (κ2) is 10.1. The first-order chi connectivity index (χ1) is 17.1. The number of ether oxygens (including phenoxy) is 2. The predicted octanol–water partition coefficient (Wildman–Crippen LogP) is 3.29. The first-order valence-electron chi connectivity index (χ1n) is 11.1. The molecule has 1 aliphatic heterocycles. The van der Waals surface area contributed by atoms with Crippen LogP contribution >= 0.6 is 0 Å². The van der Waals surface area contributed by atoms with E-state index < -0.39 is 29.3 Å². The summed E-state index contributed by atoms with van der Waals surface area (Å²) in [5, 5.41) is 12.5. The van der Waals surface area contributed by atoms with Crippen LogP contribution in [0, 0.1) is 17.7 Å². The number of para-hydroxylation sites is 1. The smallest absolute Gasteiger partial charge is 0.270 e. The Morgan fingerprint density at radius 2 is 2.03 bits per heavy atom. The van der Waals surface area contributed by atoms with Crippen molar-refractivity contribution in [1.29, 1.82) is 0 Å². The Morgan fingerprint density at radius 1 is 1.25 bits per heavy atom. The number of benzene rings is 2. The van der Waals surface area contributed by atoms with E-state index in [1.165, 1.54) is 35.4 Å². The van der Waals surface area contributed by atoms with Gasteiger partial charge in [-0.05, 0) is 50.2 Å². The fraction of sp³-hybridized carbons (Fsp3) is 0.222. The maximum absolute atomic E-state index is 13.9. The molecule has 4 rings (SSSR count). The molecule has 8 nitrogen and oxygen atoms in total. The van der Waals surface area contributed by atoms with E-state index >= 15 is 0 Å². The Hall–Kier alpha value is -4.42. The number of rotatable bonds is 4. The number of hydrogen-bond acceptors (Lipinski definition) is 6. The molecule has 2 aromatic carbocycles. The van der Waals surface area contributed by atoms with Crippen LogP contribution in [-0.2, 0) is 4.79 Å². The molecule has 1 aliphatic rings. The highest BCUT2D eigenvalue weighted by molar-refractivity contribution is 6.03. The van der Waals surface area contributed by atoms with E-state index in [1.54, 1.807) is 51.2 Å². The summed E-state index contributed by atoms with van der Waals surface area (Å²) in [6.45, 7) is 3.06. The molecular formula is C27H24FN3O5. The molecule has 9 heteroatoms. The minimum absolute atomic E-state index is 0.00778. The number of pyridine rings is 1. The number of fused-ring (bicyclic) bond motifs is 1. The molecule has 2 amide bonds. The highest BCUT2D eigenvalue weighted by atomic mass is 19.1. The van der Waals surface area contributed by atoms with Gasteiger partial charge in [-0.1, -0.05) is 24.0 Å². The van der Waals surface area contributed by atoms with Gasteiger partial charge in [0.2, 0.25) is 0 Å². The molecule has 0 bridgehead atoms. The fourth-order valence-electron chi connectivity index (χ4n) is 3.39. The van der Waals surface area contributed by atoms with E-state index in [2.05, 4.69) is 22.1 Å². The van der Waals surface area contributed by atoms with Crippen LogP contribution in [0.4, 0.5) is 10.1 Å². The summed E-state index contributed by atoms with van der Waals surface area (Å²) in [5.41, 5.74) is -0.0909. The van der Waals surface area contributed by atoms with Crippen LogP contribution in [0.25, 0.3) is 0 Å². The van der Waals surface area contributed by atoms with Gasteiger partial charge in [-0.25, -0.2) is 4.39 Å². The van der Waals surface area contributed by atoms with Crippen LogP contribution in [0.15, 0.2) is 60.8 Å². The molecule has 0 unspecified atom stereocenters. The van der Waals surface area contributed by atoms with E-state index in [1.807, 2.05) is 0 Å². The van der Waals surface area contributed by atoms with Crippen molar-refractivity contribution in [2.75, 3.05) is 18.6 Å². The van der Waals surface area contributed by atoms with Gasteiger partial charge >= 0.3 is 0 Å². The third-order valence-corrected chi connectivity index (χ3v) is 5.20. The van der Waals surface area contributed by atoms with Crippen LogP contribution in [0.1, 0.15) is 29.9 Å². The number of nitrogens with zero attached hydrogens (tertiary/aromatic N) is 2. The van der Waals surface area contributed by atoms with Gasteiger partial charge in [0.05, 0.1) is 5.69 Å². The highest BCUT2D eigenvalue weighted by Gasteiger charge is 2.31. The molecule has 0 saturated heterocycles. The molecule has 0 aliphatic carbocycles. The molecule has 3 aromatic rings. The monoisotopic (exact) mass is 489 g/mol. The lowest BCUT2D eigenvalue weighted by Gasteiger charge is -2.20. The first kappa shape index (κ1) is 24.7. The minimum atomic E-state index is -1.16. The van der Waals surface area contributed by atoms with Gasteiger partial charge in [0, 0.05) is 24.9 Å². The zero-order valence-corrected chi connectivity index (χ0v) is 19.9. The van der Waals surface area contributed by atoms with Crippen LogP contribution in [0.2, 0.25) is 0 Å². The average Bonchev–Trinajstić information content (AvgIpc) is 2.96. The fourth-order valence-corrected chi connectivity index (χ4v) is 3.39. The number of anilines is 1. The van der Waals surface area contributed by atoms with Gasteiger partial charge in [0.1, 0.15) is 35.4 Å². The zero-order valence-electron chi connectivity index (χ0n) is 19.9. The third-order valence-electron chi connectivity index (χ3n) is 5.20.